The van der Waals surface area contributed by atoms with E-state index in [2.05, 4.69) is 4.98 Å². The summed E-state index contributed by atoms with van der Waals surface area (Å²) in [6.45, 7) is 2.74. The molecule has 0 atom stereocenters. The summed E-state index contributed by atoms with van der Waals surface area (Å²) in [4.78, 5) is 29.4. The Balaban J connectivity index is 2.05. The van der Waals surface area contributed by atoms with Crippen molar-refractivity contribution in [3.8, 4) is 0 Å². The van der Waals surface area contributed by atoms with Gasteiger partial charge < -0.3 is 10.0 Å². The van der Waals surface area contributed by atoms with Crippen LogP contribution in [0.5, 0.6) is 0 Å². The van der Waals surface area contributed by atoms with Crippen LogP contribution in [0.15, 0.2) is 23.8 Å². The number of amides is 1. The average Bonchev–Trinajstić information content (AvgIpc) is 3.04. The molecule has 2 rings (SSSR count). The number of hydrogen-bond donors (Lipinski definition) is 1. The molecular formula is C14H17N3O3S. The Labute approximate surface area is 126 Å². The Morgan fingerprint density at radius 1 is 1.48 bits per heavy atom. The van der Waals surface area contributed by atoms with E-state index in [1.807, 2.05) is 22.9 Å². The number of nitrogens with zero attached hydrogens (tertiary/aromatic N) is 3. The summed E-state index contributed by atoms with van der Waals surface area (Å²) in [6, 6.07) is 0. The quantitative estimate of drug-likeness (QED) is 0.795. The number of rotatable bonds is 7. The molecule has 0 aliphatic heterocycles. The Hall–Kier alpha value is -2.15. The minimum atomic E-state index is -0.899. The first kappa shape index (κ1) is 15.2. The van der Waals surface area contributed by atoms with Gasteiger partial charge in [0.25, 0.3) is 0 Å². The molecule has 0 bridgehead atoms. The number of aromatic nitrogens is 2. The Kier molecular flexibility index (Phi) is 5.10. The highest BCUT2D eigenvalue weighted by molar-refractivity contribution is 7.15. The molecule has 0 aliphatic carbocycles. The van der Waals surface area contributed by atoms with E-state index >= 15 is 0 Å². The zero-order valence-electron chi connectivity index (χ0n) is 11.7. The summed E-state index contributed by atoms with van der Waals surface area (Å²) >= 11 is 1.53. The summed E-state index contributed by atoms with van der Waals surface area (Å²) in [5, 5.41) is 10.6. The maximum absolute atomic E-state index is 12.1. The first-order chi connectivity index (χ1) is 10.1. The van der Waals surface area contributed by atoms with Crippen molar-refractivity contribution in [3.63, 3.8) is 0 Å². The molecule has 2 aromatic heterocycles. The molecule has 0 unspecified atom stereocenters. The number of carbonyl (C=O) groups is 2. The third-order valence-corrected chi connectivity index (χ3v) is 3.74. The number of imidazole rings is 1. The predicted octanol–water partition coefficient (Wildman–Crippen LogP) is 2.12. The van der Waals surface area contributed by atoms with E-state index in [1.165, 1.54) is 17.4 Å². The highest BCUT2D eigenvalue weighted by atomic mass is 32.1. The average molecular weight is 307 g/mol. The molecule has 6 nitrogen and oxygen atoms in total. The summed E-state index contributed by atoms with van der Waals surface area (Å²) in [5.74, 6) is -1.08. The second kappa shape index (κ2) is 7.03. The lowest BCUT2D eigenvalue weighted by Crippen LogP contribution is -2.32. The Morgan fingerprint density at radius 2 is 2.29 bits per heavy atom. The van der Waals surface area contributed by atoms with Crippen LogP contribution in [0.25, 0.3) is 11.0 Å². The highest BCUT2D eigenvalue weighted by Crippen LogP contribution is 2.13. The van der Waals surface area contributed by atoms with Crippen molar-refractivity contribution < 1.29 is 14.7 Å². The van der Waals surface area contributed by atoms with Crippen molar-refractivity contribution in [1.29, 1.82) is 0 Å². The molecule has 112 valence electrons. The van der Waals surface area contributed by atoms with Gasteiger partial charge in [0.05, 0.1) is 18.3 Å². The summed E-state index contributed by atoms with van der Waals surface area (Å²) in [5.41, 5.74) is 0.828. The maximum atomic E-state index is 12.1. The van der Waals surface area contributed by atoms with Crippen LogP contribution in [-0.4, -0.2) is 44.4 Å². The van der Waals surface area contributed by atoms with Gasteiger partial charge in [0.1, 0.15) is 0 Å². The van der Waals surface area contributed by atoms with E-state index in [0.717, 1.165) is 17.1 Å². The van der Waals surface area contributed by atoms with Crippen LogP contribution in [-0.2, 0) is 9.59 Å². The first-order valence-electron chi connectivity index (χ1n) is 6.71. The number of hydrogen-bond acceptors (Lipinski definition) is 4. The van der Waals surface area contributed by atoms with Crippen molar-refractivity contribution in [2.45, 2.75) is 19.8 Å². The fourth-order valence-corrected chi connectivity index (χ4v) is 2.66. The Bertz CT molecular complexity index is 659. The molecule has 0 aliphatic rings. The second-order valence-electron chi connectivity index (χ2n) is 4.54. The molecule has 0 spiro atoms. The molecule has 21 heavy (non-hydrogen) atoms. The molecule has 7 heteroatoms. The molecule has 1 N–H and O–H groups in total. The van der Waals surface area contributed by atoms with Gasteiger partial charge in [-0.15, -0.1) is 11.3 Å². The van der Waals surface area contributed by atoms with Gasteiger partial charge in [-0.1, -0.05) is 6.92 Å². The molecular weight excluding hydrogens is 290 g/mol. The van der Waals surface area contributed by atoms with Crippen LogP contribution >= 0.6 is 11.3 Å². The fourth-order valence-electron chi connectivity index (χ4n) is 1.96. The topological polar surface area (TPSA) is 74.9 Å². The lowest BCUT2D eigenvalue weighted by Gasteiger charge is -2.19. The second-order valence-corrected chi connectivity index (χ2v) is 5.41. The van der Waals surface area contributed by atoms with Gasteiger partial charge in [0.15, 0.2) is 4.96 Å². The SMILES string of the molecule is CCCN(CCC(=O)O)C(=O)/C=C/c1cnc2sccn12. The number of fused-ring (bicyclic) bond motifs is 1. The van der Waals surface area contributed by atoms with Gasteiger partial charge in [-0.2, -0.15) is 0 Å². The van der Waals surface area contributed by atoms with Crippen molar-refractivity contribution in [1.82, 2.24) is 14.3 Å². The number of aliphatic carboxylic acids is 1. The molecule has 0 saturated heterocycles. The van der Waals surface area contributed by atoms with E-state index in [-0.39, 0.29) is 18.9 Å². The smallest absolute Gasteiger partial charge is 0.305 e. The Morgan fingerprint density at radius 3 is 3.00 bits per heavy atom. The van der Waals surface area contributed by atoms with Gasteiger partial charge in [-0.25, -0.2) is 4.98 Å². The van der Waals surface area contributed by atoms with E-state index in [0.29, 0.717) is 6.54 Å². The molecule has 2 aromatic rings. The first-order valence-corrected chi connectivity index (χ1v) is 7.59. The summed E-state index contributed by atoms with van der Waals surface area (Å²) in [6.07, 6.45) is 7.53. The number of carboxylic acids is 1. The van der Waals surface area contributed by atoms with Crippen LogP contribution in [0, 0.1) is 0 Å². The maximum Gasteiger partial charge on any atom is 0.305 e. The van der Waals surface area contributed by atoms with Crippen molar-refractivity contribution in [2.24, 2.45) is 0 Å². The molecule has 2 heterocycles. The third-order valence-electron chi connectivity index (χ3n) is 2.97. The van der Waals surface area contributed by atoms with E-state index in [9.17, 15) is 9.59 Å². The number of carboxylic acid groups (broad SMARTS) is 1. The number of carbonyl (C=O) groups excluding carboxylic acids is 1. The van der Waals surface area contributed by atoms with Gasteiger partial charge in [-0.05, 0) is 12.5 Å². The van der Waals surface area contributed by atoms with Crippen LogP contribution in [0.3, 0.4) is 0 Å². The zero-order chi connectivity index (χ0) is 15.2. The van der Waals surface area contributed by atoms with Crippen LogP contribution in [0.2, 0.25) is 0 Å². The normalized spacial score (nSPS) is 11.3. The lowest BCUT2D eigenvalue weighted by molar-refractivity contribution is -0.138. The standard InChI is InChI=1S/C14H17N3O3S/c1-2-6-16(7-5-13(19)20)12(18)4-3-11-10-15-14-17(11)8-9-21-14/h3-4,8-10H,2,5-7H2,1H3,(H,19,20)/b4-3+. The van der Waals surface area contributed by atoms with E-state index < -0.39 is 5.97 Å². The van der Waals surface area contributed by atoms with Crippen molar-refractivity contribution >= 4 is 34.3 Å². The third kappa shape index (κ3) is 3.91. The van der Waals surface area contributed by atoms with Gasteiger partial charge in [-0.3, -0.25) is 14.0 Å². The van der Waals surface area contributed by atoms with Gasteiger partial charge in [0, 0.05) is 30.7 Å². The number of thiazole rings is 1. The van der Waals surface area contributed by atoms with E-state index in [1.54, 1.807) is 17.2 Å². The fraction of sp³-hybridized carbons (Fsp3) is 0.357. The molecule has 0 fully saturated rings. The van der Waals surface area contributed by atoms with Crippen LogP contribution in [0.4, 0.5) is 0 Å². The highest BCUT2D eigenvalue weighted by Gasteiger charge is 2.11. The van der Waals surface area contributed by atoms with Crippen molar-refractivity contribution in [3.05, 3.63) is 29.5 Å². The lowest BCUT2D eigenvalue weighted by atomic mass is 10.3. The van der Waals surface area contributed by atoms with E-state index in [4.69, 9.17) is 5.11 Å². The molecule has 1 amide bonds. The molecule has 0 radical (unpaired) electrons. The largest absolute Gasteiger partial charge is 0.481 e. The van der Waals surface area contributed by atoms with Crippen molar-refractivity contribution in [2.75, 3.05) is 13.1 Å². The summed E-state index contributed by atoms with van der Waals surface area (Å²) in [7, 11) is 0. The van der Waals surface area contributed by atoms with Crippen LogP contribution in [0.1, 0.15) is 25.5 Å². The monoisotopic (exact) mass is 307 g/mol. The van der Waals surface area contributed by atoms with Gasteiger partial charge in [0.2, 0.25) is 5.91 Å². The van der Waals surface area contributed by atoms with Gasteiger partial charge >= 0.3 is 5.97 Å². The molecule has 0 aromatic carbocycles. The summed E-state index contributed by atoms with van der Waals surface area (Å²) < 4.78 is 1.90. The zero-order valence-corrected chi connectivity index (χ0v) is 12.5. The van der Waals surface area contributed by atoms with Crippen LogP contribution < -0.4 is 0 Å². The molecule has 0 saturated carbocycles. The predicted molar refractivity (Wildman–Crippen MR) is 81.2 cm³/mol. The minimum absolute atomic E-state index is 0.0406. The minimum Gasteiger partial charge on any atom is -0.481 e.